The summed E-state index contributed by atoms with van der Waals surface area (Å²) < 4.78 is 30.9. The van der Waals surface area contributed by atoms with Gasteiger partial charge in [-0.15, -0.1) is 0 Å². The lowest BCUT2D eigenvalue weighted by Crippen LogP contribution is -2.86. The van der Waals surface area contributed by atoms with E-state index < -0.39 is 11.6 Å². The normalized spacial score (nSPS) is 12.2. The van der Waals surface area contributed by atoms with Crippen molar-refractivity contribution < 1.29 is 23.3 Å². The van der Waals surface area contributed by atoms with Crippen LogP contribution in [-0.4, -0.2) is 12.5 Å². The van der Waals surface area contributed by atoms with Gasteiger partial charge in [0.15, 0.2) is 23.9 Å². The molecule has 2 rings (SSSR count). The van der Waals surface area contributed by atoms with E-state index in [1.807, 2.05) is 13.0 Å². The summed E-state index contributed by atoms with van der Waals surface area (Å²) in [5, 5.41) is 4.29. The Hall–Kier alpha value is -2.21. The van der Waals surface area contributed by atoms with Crippen LogP contribution in [0.2, 0.25) is 0 Å². The molecule has 0 aliphatic rings. The van der Waals surface area contributed by atoms with Gasteiger partial charge in [-0.3, -0.25) is 4.79 Å². The summed E-state index contributed by atoms with van der Waals surface area (Å²) in [6, 6.07) is 6.84. The maximum atomic E-state index is 13.0. The Bertz CT molecular complexity index is 585. The molecule has 0 aliphatic carbocycles. The van der Waals surface area contributed by atoms with Gasteiger partial charge in [0.1, 0.15) is 6.04 Å². The number of nitrogens with two attached hydrogens (primary N) is 1. The minimum atomic E-state index is -0.990. The number of carbonyl (C=O) groups excluding carboxylic acids is 1. The standard InChI is InChI=1S/C14H14F2N2O2/c1-9(13-3-2-6-20-13)17-8-14(19)18-10-4-5-11(15)12(16)7-10/h2-7,9,17H,8H2,1H3,(H,18,19)/p+1/t9-/m1/s1. The molecule has 1 aromatic carbocycles. The van der Waals surface area contributed by atoms with Gasteiger partial charge >= 0.3 is 0 Å². The number of carbonyl (C=O) groups is 1. The highest BCUT2D eigenvalue weighted by Gasteiger charge is 2.14. The summed E-state index contributed by atoms with van der Waals surface area (Å²) in [5.41, 5.74) is 0.230. The molecule has 0 aliphatic heterocycles. The highest BCUT2D eigenvalue weighted by atomic mass is 19.2. The summed E-state index contributed by atoms with van der Waals surface area (Å²) in [4.78, 5) is 11.7. The first kappa shape index (κ1) is 14.2. The number of halogens is 2. The highest BCUT2D eigenvalue weighted by molar-refractivity contribution is 5.91. The van der Waals surface area contributed by atoms with Crippen LogP contribution in [0.3, 0.4) is 0 Å². The first-order valence-corrected chi connectivity index (χ1v) is 6.18. The van der Waals surface area contributed by atoms with Gasteiger partial charge in [0.25, 0.3) is 5.91 Å². The van der Waals surface area contributed by atoms with E-state index in [-0.39, 0.29) is 24.2 Å². The fraction of sp³-hybridized carbons (Fsp3) is 0.214. The maximum absolute atomic E-state index is 13.0. The largest absolute Gasteiger partial charge is 0.463 e. The SMILES string of the molecule is C[C@@H]([NH2+]CC(=O)Nc1ccc(F)c(F)c1)c1ccco1. The quantitative estimate of drug-likeness (QED) is 0.878. The Morgan fingerprint density at radius 3 is 2.80 bits per heavy atom. The van der Waals surface area contributed by atoms with Crippen molar-refractivity contribution in [2.24, 2.45) is 0 Å². The fourth-order valence-corrected chi connectivity index (χ4v) is 1.74. The van der Waals surface area contributed by atoms with Crippen molar-refractivity contribution in [3.63, 3.8) is 0 Å². The lowest BCUT2D eigenvalue weighted by Gasteiger charge is -2.08. The molecule has 0 radical (unpaired) electrons. The highest BCUT2D eigenvalue weighted by Crippen LogP contribution is 2.12. The second-order valence-corrected chi connectivity index (χ2v) is 4.42. The molecular formula is C14H15F2N2O2+. The number of benzene rings is 1. The molecule has 1 atom stereocenters. The van der Waals surface area contributed by atoms with Gasteiger partial charge in [-0.05, 0) is 31.2 Å². The summed E-state index contributed by atoms with van der Waals surface area (Å²) >= 11 is 0. The average Bonchev–Trinajstić information content (AvgIpc) is 2.94. The van der Waals surface area contributed by atoms with E-state index in [1.165, 1.54) is 6.07 Å². The van der Waals surface area contributed by atoms with Crippen molar-refractivity contribution >= 4 is 11.6 Å². The molecular weight excluding hydrogens is 266 g/mol. The van der Waals surface area contributed by atoms with Gasteiger partial charge in [-0.25, -0.2) is 8.78 Å². The van der Waals surface area contributed by atoms with Crippen LogP contribution in [0.1, 0.15) is 18.7 Å². The van der Waals surface area contributed by atoms with Crippen molar-refractivity contribution in [3.8, 4) is 0 Å². The van der Waals surface area contributed by atoms with E-state index >= 15 is 0 Å². The minimum absolute atomic E-state index is 0.000652. The van der Waals surface area contributed by atoms with Crippen molar-refractivity contribution in [1.29, 1.82) is 0 Å². The van der Waals surface area contributed by atoms with E-state index in [4.69, 9.17) is 4.42 Å². The van der Waals surface area contributed by atoms with Gasteiger partial charge in [-0.2, -0.15) is 0 Å². The van der Waals surface area contributed by atoms with Gasteiger partial charge < -0.3 is 15.1 Å². The Balaban J connectivity index is 1.85. The molecule has 0 unspecified atom stereocenters. The van der Waals surface area contributed by atoms with E-state index in [1.54, 1.807) is 17.6 Å². The third-order valence-electron chi connectivity index (χ3n) is 2.85. The van der Waals surface area contributed by atoms with E-state index in [0.717, 1.165) is 17.9 Å². The van der Waals surface area contributed by atoms with Gasteiger partial charge in [0, 0.05) is 11.8 Å². The molecule has 0 fully saturated rings. The zero-order chi connectivity index (χ0) is 14.5. The van der Waals surface area contributed by atoms with Crippen molar-refractivity contribution in [3.05, 3.63) is 54.0 Å². The predicted molar refractivity (Wildman–Crippen MR) is 68.9 cm³/mol. The molecule has 3 N–H and O–H groups in total. The molecule has 1 amide bonds. The molecule has 0 saturated heterocycles. The molecule has 1 aromatic heterocycles. The second kappa shape index (κ2) is 6.29. The van der Waals surface area contributed by atoms with Crippen LogP contribution in [0.4, 0.5) is 14.5 Å². The lowest BCUT2D eigenvalue weighted by molar-refractivity contribution is -0.684. The Morgan fingerprint density at radius 1 is 1.35 bits per heavy atom. The average molecular weight is 281 g/mol. The Labute approximate surface area is 114 Å². The Morgan fingerprint density at radius 2 is 2.15 bits per heavy atom. The smallest absolute Gasteiger partial charge is 0.279 e. The van der Waals surface area contributed by atoms with Crippen molar-refractivity contribution in [1.82, 2.24) is 0 Å². The molecule has 20 heavy (non-hydrogen) atoms. The monoisotopic (exact) mass is 281 g/mol. The number of amides is 1. The van der Waals surface area contributed by atoms with Gasteiger partial charge in [0.2, 0.25) is 0 Å². The molecule has 0 bridgehead atoms. The zero-order valence-corrected chi connectivity index (χ0v) is 10.9. The first-order valence-electron chi connectivity index (χ1n) is 6.18. The summed E-state index contributed by atoms with van der Waals surface area (Å²) in [7, 11) is 0. The molecule has 1 heterocycles. The Kier molecular flexibility index (Phi) is 4.47. The molecule has 0 saturated carbocycles. The van der Waals surface area contributed by atoms with Crippen molar-refractivity contribution in [2.45, 2.75) is 13.0 Å². The fourth-order valence-electron chi connectivity index (χ4n) is 1.74. The third kappa shape index (κ3) is 3.64. The van der Waals surface area contributed by atoms with Crippen LogP contribution in [0.15, 0.2) is 41.0 Å². The maximum Gasteiger partial charge on any atom is 0.279 e. The zero-order valence-electron chi connectivity index (χ0n) is 10.9. The topological polar surface area (TPSA) is 58.9 Å². The number of hydrogen-bond acceptors (Lipinski definition) is 2. The van der Waals surface area contributed by atoms with E-state index in [9.17, 15) is 13.6 Å². The number of anilines is 1. The molecule has 6 heteroatoms. The number of hydrogen-bond donors (Lipinski definition) is 2. The second-order valence-electron chi connectivity index (χ2n) is 4.42. The van der Waals surface area contributed by atoms with Crippen molar-refractivity contribution in [2.75, 3.05) is 11.9 Å². The van der Waals surface area contributed by atoms with E-state index in [2.05, 4.69) is 5.32 Å². The van der Waals surface area contributed by atoms with Crippen LogP contribution in [-0.2, 0) is 4.79 Å². The third-order valence-corrected chi connectivity index (χ3v) is 2.85. The summed E-state index contributed by atoms with van der Waals surface area (Å²) in [6.45, 7) is 2.06. The number of rotatable bonds is 5. The van der Waals surface area contributed by atoms with Crippen LogP contribution in [0.25, 0.3) is 0 Å². The van der Waals surface area contributed by atoms with Crippen LogP contribution in [0.5, 0.6) is 0 Å². The van der Waals surface area contributed by atoms with Crippen LogP contribution < -0.4 is 10.6 Å². The predicted octanol–water partition coefficient (Wildman–Crippen LogP) is 1.82. The lowest BCUT2D eigenvalue weighted by atomic mass is 10.2. The number of nitrogens with one attached hydrogen (secondary N) is 1. The molecule has 2 aromatic rings. The molecule has 4 nitrogen and oxygen atoms in total. The molecule has 0 spiro atoms. The number of quaternary nitrogens is 1. The summed E-state index contributed by atoms with van der Waals surface area (Å²) in [6.07, 6.45) is 1.57. The first-order chi connectivity index (χ1) is 9.56. The summed E-state index contributed by atoms with van der Waals surface area (Å²) in [5.74, 6) is -1.46. The van der Waals surface area contributed by atoms with Gasteiger partial charge in [0.05, 0.1) is 6.26 Å². The number of furan rings is 1. The van der Waals surface area contributed by atoms with E-state index in [0.29, 0.717) is 0 Å². The minimum Gasteiger partial charge on any atom is -0.463 e. The van der Waals surface area contributed by atoms with Gasteiger partial charge in [-0.1, -0.05) is 0 Å². The molecule has 106 valence electrons. The van der Waals surface area contributed by atoms with Crippen LogP contribution in [0, 0.1) is 11.6 Å². The van der Waals surface area contributed by atoms with Crippen LogP contribution >= 0.6 is 0 Å².